The van der Waals surface area contributed by atoms with Crippen LogP contribution in [0, 0.1) is 0 Å². The summed E-state index contributed by atoms with van der Waals surface area (Å²) in [5.74, 6) is 1.11. The largest absolute Gasteiger partial charge is 0.437 e. The number of halogens is 1. The van der Waals surface area contributed by atoms with Crippen molar-refractivity contribution < 1.29 is 4.74 Å². The molecule has 1 N–H and O–H groups in total. The lowest BCUT2D eigenvalue weighted by Gasteiger charge is -2.06. The summed E-state index contributed by atoms with van der Waals surface area (Å²) >= 11 is 5.82. The van der Waals surface area contributed by atoms with E-state index < -0.39 is 0 Å². The topological polar surface area (TPSA) is 47.0 Å². The van der Waals surface area contributed by atoms with Crippen LogP contribution in [0.5, 0.6) is 11.6 Å². The van der Waals surface area contributed by atoms with Crippen molar-refractivity contribution in [2.75, 3.05) is 7.05 Å². The number of aromatic nitrogens is 2. The highest BCUT2D eigenvalue weighted by Crippen LogP contribution is 2.21. The molecule has 0 aliphatic carbocycles. The van der Waals surface area contributed by atoms with Gasteiger partial charge in [0.2, 0.25) is 5.88 Å². The highest BCUT2D eigenvalue weighted by molar-refractivity contribution is 6.30. The van der Waals surface area contributed by atoms with Crippen molar-refractivity contribution >= 4 is 11.6 Å². The van der Waals surface area contributed by atoms with E-state index in [1.165, 1.54) is 0 Å². The molecule has 88 valence electrons. The summed E-state index contributed by atoms with van der Waals surface area (Å²) in [7, 11) is 1.89. The van der Waals surface area contributed by atoms with Gasteiger partial charge in [0.1, 0.15) is 5.75 Å². The first-order valence-electron chi connectivity index (χ1n) is 5.16. The zero-order valence-corrected chi connectivity index (χ0v) is 10.1. The maximum atomic E-state index is 5.82. The number of hydrogen-bond acceptors (Lipinski definition) is 4. The zero-order valence-electron chi connectivity index (χ0n) is 9.35. The van der Waals surface area contributed by atoms with E-state index in [-0.39, 0.29) is 0 Å². The lowest BCUT2D eigenvalue weighted by molar-refractivity contribution is 0.460. The summed E-state index contributed by atoms with van der Waals surface area (Å²) in [6.07, 6.45) is 4.86. The summed E-state index contributed by atoms with van der Waals surface area (Å²) in [6.45, 7) is 0.771. The summed E-state index contributed by atoms with van der Waals surface area (Å²) in [5, 5.41) is 3.60. The number of nitrogens with one attached hydrogen (secondary N) is 1. The van der Waals surface area contributed by atoms with Crippen LogP contribution in [0.25, 0.3) is 0 Å². The Kier molecular flexibility index (Phi) is 3.90. The number of pyridine rings is 2. The van der Waals surface area contributed by atoms with Crippen LogP contribution in [0.2, 0.25) is 5.02 Å². The van der Waals surface area contributed by atoms with Gasteiger partial charge in [-0.2, -0.15) is 0 Å². The van der Waals surface area contributed by atoms with E-state index in [9.17, 15) is 0 Å². The van der Waals surface area contributed by atoms with Crippen LogP contribution in [-0.2, 0) is 6.54 Å². The SMILES string of the molecule is CNCc1ccnc(Oc2cncc(Cl)c2)c1. The van der Waals surface area contributed by atoms with Crippen molar-refractivity contribution in [3.63, 3.8) is 0 Å². The van der Waals surface area contributed by atoms with E-state index in [4.69, 9.17) is 16.3 Å². The fourth-order valence-corrected chi connectivity index (χ4v) is 1.55. The van der Waals surface area contributed by atoms with Crippen LogP contribution in [0.4, 0.5) is 0 Å². The molecule has 5 heteroatoms. The number of rotatable bonds is 4. The molecule has 2 aromatic heterocycles. The lowest BCUT2D eigenvalue weighted by atomic mass is 10.2. The van der Waals surface area contributed by atoms with Gasteiger partial charge in [-0.3, -0.25) is 4.98 Å². The third-order valence-electron chi connectivity index (χ3n) is 2.08. The van der Waals surface area contributed by atoms with E-state index >= 15 is 0 Å². The summed E-state index contributed by atoms with van der Waals surface area (Å²) in [4.78, 5) is 8.07. The fourth-order valence-electron chi connectivity index (χ4n) is 1.39. The summed E-state index contributed by atoms with van der Waals surface area (Å²) < 4.78 is 5.56. The molecule has 0 aliphatic heterocycles. The Balaban J connectivity index is 2.15. The van der Waals surface area contributed by atoms with E-state index in [2.05, 4.69) is 15.3 Å². The standard InChI is InChI=1S/C12H12ClN3O/c1-14-6-9-2-3-16-12(4-9)17-11-5-10(13)7-15-8-11/h2-5,7-8,14H,6H2,1H3. The summed E-state index contributed by atoms with van der Waals surface area (Å²) in [5.41, 5.74) is 1.10. The van der Waals surface area contributed by atoms with Gasteiger partial charge in [0.15, 0.2) is 0 Å². The van der Waals surface area contributed by atoms with E-state index in [1.54, 1.807) is 24.7 Å². The number of ether oxygens (including phenoxy) is 1. The van der Waals surface area contributed by atoms with E-state index in [0.29, 0.717) is 16.7 Å². The van der Waals surface area contributed by atoms with Crippen molar-refractivity contribution in [2.24, 2.45) is 0 Å². The monoisotopic (exact) mass is 249 g/mol. The molecule has 0 fully saturated rings. The molecule has 0 aliphatic rings. The third-order valence-corrected chi connectivity index (χ3v) is 2.29. The molecule has 0 radical (unpaired) electrons. The predicted molar refractivity (Wildman–Crippen MR) is 66.3 cm³/mol. The van der Waals surface area contributed by atoms with Crippen molar-refractivity contribution in [3.05, 3.63) is 47.4 Å². The van der Waals surface area contributed by atoms with Gasteiger partial charge in [-0.1, -0.05) is 11.6 Å². The van der Waals surface area contributed by atoms with E-state index in [0.717, 1.165) is 12.1 Å². The highest BCUT2D eigenvalue weighted by atomic mass is 35.5. The van der Waals surface area contributed by atoms with Crippen LogP contribution >= 0.6 is 11.6 Å². The Hall–Kier alpha value is -1.65. The van der Waals surface area contributed by atoms with Crippen LogP contribution in [0.1, 0.15) is 5.56 Å². The Morgan fingerprint density at radius 2 is 2.24 bits per heavy atom. The Bertz CT molecular complexity index is 505. The molecule has 0 saturated heterocycles. The van der Waals surface area contributed by atoms with Gasteiger partial charge in [-0.15, -0.1) is 0 Å². The molecule has 0 bridgehead atoms. The third kappa shape index (κ3) is 3.41. The molecule has 0 saturated carbocycles. The molecule has 0 spiro atoms. The maximum absolute atomic E-state index is 5.82. The molecular weight excluding hydrogens is 238 g/mol. The molecule has 2 heterocycles. The molecule has 0 unspecified atom stereocenters. The molecule has 2 aromatic rings. The Labute approximate surface area is 105 Å². The van der Waals surface area contributed by atoms with Gasteiger partial charge in [0.25, 0.3) is 0 Å². The highest BCUT2D eigenvalue weighted by Gasteiger charge is 2.01. The molecular formula is C12H12ClN3O. The zero-order chi connectivity index (χ0) is 12.1. The minimum Gasteiger partial charge on any atom is -0.437 e. The van der Waals surface area contributed by atoms with Gasteiger partial charge in [0.05, 0.1) is 11.2 Å². The second kappa shape index (κ2) is 5.61. The van der Waals surface area contributed by atoms with E-state index in [1.807, 2.05) is 19.2 Å². The van der Waals surface area contributed by atoms with Crippen molar-refractivity contribution in [2.45, 2.75) is 6.54 Å². The van der Waals surface area contributed by atoms with Crippen molar-refractivity contribution in [3.8, 4) is 11.6 Å². The van der Waals surface area contributed by atoms with Gasteiger partial charge < -0.3 is 10.1 Å². The number of hydrogen-bond donors (Lipinski definition) is 1. The molecule has 0 aromatic carbocycles. The first kappa shape index (κ1) is 11.8. The molecule has 0 amide bonds. The summed E-state index contributed by atoms with van der Waals surface area (Å²) in [6, 6.07) is 5.50. The molecule has 0 atom stereocenters. The van der Waals surface area contributed by atoms with Gasteiger partial charge in [-0.05, 0) is 18.7 Å². The first-order valence-corrected chi connectivity index (χ1v) is 5.53. The van der Waals surface area contributed by atoms with Crippen molar-refractivity contribution in [1.29, 1.82) is 0 Å². The smallest absolute Gasteiger partial charge is 0.219 e. The molecule has 2 rings (SSSR count). The fraction of sp³-hybridized carbons (Fsp3) is 0.167. The van der Waals surface area contributed by atoms with Gasteiger partial charge in [-0.25, -0.2) is 4.98 Å². The Morgan fingerprint density at radius 1 is 1.35 bits per heavy atom. The lowest BCUT2D eigenvalue weighted by Crippen LogP contribution is -2.05. The van der Waals surface area contributed by atoms with Crippen LogP contribution < -0.4 is 10.1 Å². The average Bonchev–Trinajstić information content (AvgIpc) is 2.30. The van der Waals surface area contributed by atoms with Crippen LogP contribution in [0.15, 0.2) is 36.8 Å². The average molecular weight is 250 g/mol. The normalized spacial score (nSPS) is 10.2. The minimum atomic E-state index is 0.529. The number of nitrogens with zero attached hydrogens (tertiary/aromatic N) is 2. The quantitative estimate of drug-likeness (QED) is 0.905. The van der Waals surface area contributed by atoms with Crippen LogP contribution in [-0.4, -0.2) is 17.0 Å². The predicted octanol–water partition coefficient (Wildman–Crippen LogP) is 2.64. The molecule has 4 nitrogen and oxygen atoms in total. The van der Waals surface area contributed by atoms with Crippen molar-refractivity contribution in [1.82, 2.24) is 15.3 Å². The first-order chi connectivity index (χ1) is 8.28. The maximum Gasteiger partial charge on any atom is 0.219 e. The minimum absolute atomic E-state index is 0.529. The van der Waals surface area contributed by atoms with Gasteiger partial charge in [0, 0.05) is 31.1 Å². The second-order valence-corrected chi connectivity index (χ2v) is 3.91. The second-order valence-electron chi connectivity index (χ2n) is 3.47. The Morgan fingerprint density at radius 3 is 3.00 bits per heavy atom. The van der Waals surface area contributed by atoms with Gasteiger partial charge >= 0.3 is 0 Å². The molecule has 17 heavy (non-hydrogen) atoms. The van der Waals surface area contributed by atoms with Crippen LogP contribution in [0.3, 0.4) is 0 Å².